The van der Waals surface area contributed by atoms with Crippen LogP contribution in [0.25, 0.3) is 0 Å². The molecule has 1 atom stereocenters. The first-order chi connectivity index (χ1) is 7.22. The molecule has 1 heterocycles. The van der Waals surface area contributed by atoms with Gasteiger partial charge in [-0.25, -0.2) is 0 Å². The van der Waals surface area contributed by atoms with Gasteiger partial charge in [-0.15, -0.1) is 11.3 Å². The lowest BCUT2D eigenvalue weighted by molar-refractivity contribution is 0.299. The fourth-order valence-corrected chi connectivity index (χ4v) is 2.78. The highest BCUT2D eigenvalue weighted by molar-refractivity contribution is 7.80. The van der Waals surface area contributed by atoms with Gasteiger partial charge in [-0.05, 0) is 49.6 Å². The number of hydrogen-bond acceptors (Lipinski definition) is 3. The van der Waals surface area contributed by atoms with Crippen molar-refractivity contribution >= 4 is 24.0 Å². The Morgan fingerprint density at radius 3 is 2.87 bits per heavy atom. The topological polar surface area (TPSA) is 3.24 Å². The van der Waals surface area contributed by atoms with Gasteiger partial charge in [0.05, 0.1) is 0 Å². The second-order valence-corrected chi connectivity index (χ2v) is 5.70. The van der Waals surface area contributed by atoms with Crippen LogP contribution in [0, 0.1) is 5.92 Å². The van der Waals surface area contributed by atoms with Crippen LogP contribution in [0.4, 0.5) is 0 Å². The van der Waals surface area contributed by atoms with Crippen LogP contribution >= 0.6 is 24.0 Å². The third kappa shape index (κ3) is 5.59. The van der Waals surface area contributed by atoms with Crippen LogP contribution in [-0.2, 0) is 6.54 Å². The molecule has 0 N–H and O–H groups in total. The van der Waals surface area contributed by atoms with Crippen molar-refractivity contribution in [3.05, 3.63) is 22.4 Å². The van der Waals surface area contributed by atoms with Gasteiger partial charge >= 0.3 is 0 Å². The summed E-state index contributed by atoms with van der Waals surface area (Å²) in [5, 5.41) is 2.15. The van der Waals surface area contributed by atoms with Crippen LogP contribution in [-0.4, -0.2) is 24.2 Å². The largest absolute Gasteiger partial charge is 0.301 e. The maximum Gasteiger partial charge on any atom is 0.0324 e. The molecule has 3 heteroatoms. The molecule has 15 heavy (non-hydrogen) atoms. The molecular weight excluding hydrogens is 222 g/mol. The van der Waals surface area contributed by atoms with Crippen molar-refractivity contribution in [3.8, 4) is 0 Å². The summed E-state index contributed by atoms with van der Waals surface area (Å²) in [6, 6.07) is 4.33. The lowest BCUT2D eigenvalue weighted by Gasteiger charge is -2.18. The molecule has 0 bridgehead atoms. The molecule has 1 rings (SSSR count). The fraction of sp³-hybridized carbons (Fsp3) is 0.667. The van der Waals surface area contributed by atoms with Gasteiger partial charge in [0.2, 0.25) is 0 Å². The van der Waals surface area contributed by atoms with Crippen LogP contribution in [0.1, 0.15) is 24.6 Å². The summed E-state index contributed by atoms with van der Waals surface area (Å²) < 4.78 is 0. The van der Waals surface area contributed by atoms with Crippen LogP contribution in [0.15, 0.2) is 17.5 Å². The highest BCUT2D eigenvalue weighted by Gasteiger charge is 2.05. The van der Waals surface area contributed by atoms with Gasteiger partial charge in [0.1, 0.15) is 0 Å². The van der Waals surface area contributed by atoms with E-state index in [1.165, 1.54) is 24.3 Å². The van der Waals surface area contributed by atoms with Crippen molar-refractivity contribution in [2.75, 3.05) is 19.3 Å². The van der Waals surface area contributed by atoms with E-state index in [1.807, 2.05) is 11.3 Å². The van der Waals surface area contributed by atoms with E-state index >= 15 is 0 Å². The molecule has 0 aliphatic rings. The molecule has 1 nitrogen and oxygen atoms in total. The first-order valence-electron chi connectivity index (χ1n) is 5.54. The fourth-order valence-electron chi connectivity index (χ4n) is 1.55. The molecule has 0 aliphatic heterocycles. The minimum absolute atomic E-state index is 0.799. The standard InChI is InChI=1S/C12H21NS2/c1-11(6-8-14)5-7-13(2)10-12-4-3-9-15-12/h3-4,9,11,14H,5-8,10H2,1-2H3. The zero-order valence-electron chi connectivity index (χ0n) is 9.65. The Hall–Kier alpha value is 0.01000. The van der Waals surface area contributed by atoms with Gasteiger partial charge in [0.25, 0.3) is 0 Å². The summed E-state index contributed by atoms with van der Waals surface area (Å²) in [7, 11) is 2.20. The Labute approximate surface area is 103 Å². The van der Waals surface area contributed by atoms with E-state index in [4.69, 9.17) is 0 Å². The number of thiophene rings is 1. The van der Waals surface area contributed by atoms with Gasteiger partial charge in [0, 0.05) is 11.4 Å². The summed E-state index contributed by atoms with van der Waals surface area (Å²) in [6.07, 6.45) is 2.51. The Morgan fingerprint density at radius 2 is 2.27 bits per heavy atom. The molecule has 0 amide bonds. The predicted molar refractivity (Wildman–Crippen MR) is 72.9 cm³/mol. The maximum absolute atomic E-state index is 4.26. The van der Waals surface area contributed by atoms with Crippen molar-refractivity contribution in [1.82, 2.24) is 4.90 Å². The molecule has 0 spiro atoms. The molecule has 0 radical (unpaired) electrons. The molecule has 0 saturated heterocycles. The monoisotopic (exact) mass is 243 g/mol. The van der Waals surface area contributed by atoms with E-state index in [9.17, 15) is 0 Å². The van der Waals surface area contributed by atoms with Crippen LogP contribution < -0.4 is 0 Å². The minimum atomic E-state index is 0.799. The van der Waals surface area contributed by atoms with E-state index < -0.39 is 0 Å². The second kappa shape index (κ2) is 7.31. The zero-order valence-corrected chi connectivity index (χ0v) is 11.4. The molecule has 1 aromatic heterocycles. The predicted octanol–water partition coefficient (Wildman–Crippen LogP) is 3.53. The Bertz CT molecular complexity index is 246. The average Bonchev–Trinajstić information content (AvgIpc) is 2.68. The van der Waals surface area contributed by atoms with Crippen molar-refractivity contribution in [2.45, 2.75) is 26.3 Å². The van der Waals surface area contributed by atoms with Gasteiger partial charge in [-0.1, -0.05) is 13.0 Å². The third-order valence-corrected chi connectivity index (χ3v) is 3.75. The highest BCUT2D eigenvalue weighted by Crippen LogP contribution is 2.13. The van der Waals surface area contributed by atoms with Crippen molar-refractivity contribution in [1.29, 1.82) is 0 Å². The number of hydrogen-bond donors (Lipinski definition) is 1. The summed E-state index contributed by atoms with van der Waals surface area (Å²) >= 11 is 6.11. The van der Waals surface area contributed by atoms with Gasteiger partial charge in [-0.2, -0.15) is 12.6 Å². The molecule has 0 fully saturated rings. The molecule has 86 valence electrons. The summed E-state index contributed by atoms with van der Waals surface area (Å²) in [4.78, 5) is 3.86. The first kappa shape index (κ1) is 13.1. The van der Waals surface area contributed by atoms with E-state index in [2.05, 4.69) is 49.0 Å². The van der Waals surface area contributed by atoms with Crippen LogP contribution in [0.3, 0.4) is 0 Å². The lowest BCUT2D eigenvalue weighted by atomic mass is 10.1. The maximum atomic E-state index is 4.26. The normalized spacial score (nSPS) is 13.3. The molecule has 1 aromatic rings. The van der Waals surface area contributed by atoms with Crippen LogP contribution in [0.5, 0.6) is 0 Å². The van der Waals surface area contributed by atoms with Crippen molar-refractivity contribution < 1.29 is 0 Å². The van der Waals surface area contributed by atoms with Gasteiger partial charge < -0.3 is 4.90 Å². The quantitative estimate of drug-likeness (QED) is 0.717. The SMILES string of the molecule is CC(CCS)CCN(C)Cc1cccs1. The number of rotatable bonds is 7. The third-order valence-electron chi connectivity index (χ3n) is 2.63. The molecule has 0 saturated carbocycles. The lowest BCUT2D eigenvalue weighted by Crippen LogP contribution is -2.20. The number of thiol groups is 1. The molecular formula is C12H21NS2. The van der Waals surface area contributed by atoms with Gasteiger partial charge in [-0.3, -0.25) is 0 Å². The Balaban J connectivity index is 2.16. The van der Waals surface area contributed by atoms with E-state index in [1.54, 1.807) is 0 Å². The van der Waals surface area contributed by atoms with Crippen molar-refractivity contribution in [2.24, 2.45) is 5.92 Å². The minimum Gasteiger partial charge on any atom is -0.301 e. The van der Waals surface area contributed by atoms with Crippen LogP contribution in [0.2, 0.25) is 0 Å². The smallest absolute Gasteiger partial charge is 0.0324 e. The summed E-state index contributed by atoms with van der Waals surface area (Å²) in [6.45, 7) is 4.59. The average molecular weight is 243 g/mol. The summed E-state index contributed by atoms with van der Waals surface area (Å²) in [5.74, 6) is 1.81. The second-order valence-electron chi connectivity index (χ2n) is 4.22. The first-order valence-corrected chi connectivity index (χ1v) is 7.05. The van der Waals surface area contributed by atoms with E-state index in [-0.39, 0.29) is 0 Å². The summed E-state index contributed by atoms with van der Waals surface area (Å²) in [5.41, 5.74) is 0. The Kier molecular flexibility index (Phi) is 6.37. The molecule has 0 aliphatic carbocycles. The van der Waals surface area contributed by atoms with Crippen molar-refractivity contribution in [3.63, 3.8) is 0 Å². The molecule has 1 unspecified atom stereocenters. The van der Waals surface area contributed by atoms with Gasteiger partial charge in [0.15, 0.2) is 0 Å². The number of nitrogens with zero attached hydrogens (tertiary/aromatic N) is 1. The van der Waals surface area contributed by atoms with E-state index in [0.29, 0.717) is 0 Å². The molecule has 0 aromatic carbocycles. The Morgan fingerprint density at radius 1 is 1.47 bits per heavy atom. The highest BCUT2D eigenvalue weighted by atomic mass is 32.1. The van der Waals surface area contributed by atoms with E-state index in [0.717, 1.165) is 18.2 Å². The zero-order chi connectivity index (χ0) is 11.1.